The third-order valence-electron chi connectivity index (χ3n) is 3.75. The molecule has 0 amide bonds. The minimum atomic E-state index is -4.65. The molecule has 2 N–H and O–H groups in total. The van der Waals surface area contributed by atoms with Gasteiger partial charge < -0.3 is 10.4 Å². The molecule has 0 bridgehead atoms. The molecule has 0 aliphatic heterocycles. The second-order valence-corrected chi connectivity index (χ2v) is 6.04. The van der Waals surface area contributed by atoms with Gasteiger partial charge in [0.15, 0.2) is 0 Å². The quantitative estimate of drug-likeness (QED) is 0.836. The summed E-state index contributed by atoms with van der Waals surface area (Å²) in [4.78, 5) is 6.55. The van der Waals surface area contributed by atoms with Crippen molar-refractivity contribution >= 4 is 17.4 Å². The molecule has 1 aliphatic carbocycles. The van der Waals surface area contributed by atoms with Crippen molar-refractivity contribution in [3.05, 3.63) is 17.0 Å². The summed E-state index contributed by atoms with van der Waals surface area (Å²) in [6.45, 7) is 2.26. The molecule has 0 atom stereocenters. The lowest BCUT2D eigenvalue weighted by molar-refractivity contribution is -0.144. The zero-order chi connectivity index (χ0) is 15.7. The molecule has 1 aromatic heterocycles. The maximum Gasteiger partial charge on any atom is 0.451 e. The van der Waals surface area contributed by atoms with Gasteiger partial charge in [0.05, 0.1) is 5.60 Å². The maximum absolute atomic E-state index is 12.6. The first-order chi connectivity index (χ1) is 9.68. The molecule has 1 heterocycles. The SMILES string of the molecule is CC1CCC(O)(CNc2cc(Cl)nc(C(F)(F)F)n2)CC1. The largest absolute Gasteiger partial charge is 0.451 e. The molecule has 2 rings (SSSR count). The molecule has 0 aromatic carbocycles. The fourth-order valence-corrected chi connectivity index (χ4v) is 2.55. The molecule has 0 saturated heterocycles. The molecule has 1 aromatic rings. The van der Waals surface area contributed by atoms with Crippen LogP contribution in [0.3, 0.4) is 0 Å². The Morgan fingerprint density at radius 1 is 1.38 bits per heavy atom. The molecule has 1 saturated carbocycles. The van der Waals surface area contributed by atoms with Gasteiger partial charge in [0.25, 0.3) is 0 Å². The number of hydrogen-bond acceptors (Lipinski definition) is 4. The van der Waals surface area contributed by atoms with E-state index in [-0.39, 0.29) is 17.5 Å². The van der Waals surface area contributed by atoms with Gasteiger partial charge in [-0.05, 0) is 31.6 Å². The van der Waals surface area contributed by atoms with Crippen LogP contribution >= 0.6 is 11.6 Å². The number of anilines is 1. The first-order valence-electron chi connectivity index (χ1n) is 6.76. The first-order valence-corrected chi connectivity index (χ1v) is 7.14. The van der Waals surface area contributed by atoms with Crippen molar-refractivity contribution in [1.82, 2.24) is 9.97 Å². The highest BCUT2D eigenvalue weighted by Crippen LogP contribution is 2.32. The first kappa shape index (κ1) is 16.3. The van der Waals surface area contributed by atoms with Crippen LogP contribution in [0.15, 0.2) is 6.07 Å². The topological polar surface area (TPSA) is 58.0 Å². The van der Waals surface area contributed by atoms with Crippen LogP contribution in [0.4, 0.5) is 19.0 Å². The molecule has 21 heavy (non-hydrogen) atoms. The fourth-order valence-electron chi connectivity index (χ4n) is 2.37. The van der Waals surface area contributed by atoms with Crippen LogP contribution in [0.25, 0.3) is 0 Å². The number of rotatable bonds is 3. The molecule has 118 valence electrons. The van der Waals surface area contributed by atoms with E-state index in [1.807, 2.05) is 0 Å². The van der Waals surface area contributed by atoms with Crippen molar-refractivity contribution in [2.45, 2.75) is 44.4 Å². The van der Waals surface area contributed by atoms with E-state index in [1.54, 1.807) is 0 Å². The zero-order valence-corrected chi connectivity index (χ0v) is 12.3. The van der Waals surface area contributed by atoms with E-state index in [4.69, 9.17) is 11.6 Å². The molecule has 0 unspecified atom stereocenters. The van der Waals surface area contributed by atoms with Gasteiger partial charge in [-0.3, -0.25) is 0 Å². The lowest BCUT2D eigenvalue weighted by Gasteiger charge is -2.35. The van der Waals surface area contributed by atoms with E-state index >= 15 is 0 Å². The van der Waals surface area contributed by atoms with Crippen LogP contribution in [0.1, 0.15) is 38.4 Å². The Morgan fingerprint density at radius 3 is 2.57 bits per heavy atom. The summed E-state index contributed by atoms with van der Waals surface area (Å²) in [5.41, 5.74) is -0.914. The Labute approximate surface area is 125 Å². The highest BCUT2D eigenvalue weighted by Gasteiger charge is 2.36. The van der Waals surface area contributed by atoms with Crippen molar-refractivity contribution < 1.29 is 18.3 Å². The average Bonchev–Trinajstić information content (AvgIpc) is 2.39. The zero-order valence-electron chi connectivity index (χ0n) is 11.5. The van der Waals surface area contributed by atoms with Crippen LogP contribution in [0.2, 0.25) is 5.15 Å². The summed E-state index contributed by atoms with van der Waals surface area (Å²) in [5.74, 6) is -0.758. The third kappa shape index (κ3) is 4.44. The lowest BCUT2D eigenvalue weighted by Crippen LogP contribution is -2.40. The minimum Gasteiger partial charge on any atom is -0.388 e. The van der Waals surface area contributed by atoms with Gasteiger partial charge in [0.2, 0.25) is 5.82 Å². The molecular formula is C13H17ClF3N3O. The van der Waals surface area contributed by atoms with E-state index in [0.717, 1.165) is 12.8 Å². The van der Waals surface area contributed by atoms with Crippen molar-refractivity contribution in [1.29, 1.82) is 0 Å². The predicted octanol–water partition coefficient (Wildman–Crippen LogP) is 3.50. The Bertz CT molecular complexity index is 502. The lowest BCUT2D eigenvalue weighted by atomic mass is 9.79. The highest BCUT2D eigenvalue weighted by atomic mass is 35.5. The normalized spacial score (nSPS) is 26.7. The third-order valence-corrected chi connectivity index (χ3v) is 3.95. The van der Waals surface area contributed by atoms with Crippen molar-refractivity contribution in [3.8, 4) is 0 Å². The Kier molecular flexibility index (Phi) is 4.63. The summed E-state index contributed by atoms with van der Waals surface area (Å²) >= 11 is 5.58. The van der Waals surface area contributed by atoms with Crippen molar-refractivity contribution in [2.75, 3.05) is 11.9 Å². The monoisotopic (exact) mass is 323 g/mol. The number of aliphatic hydroxyl groups is 1. The summed E-state index contributed by atoms with van der Waals surface area (Å²) in [5, 5.41) is 12.8. The Balaban J connectivity index is 2.05. The smallest absolute Gasteiger partial charge is 0.388 e. The molecular weight excluding hydrogens is 307 g/mol. The number of alkyl halides is 3. The van der Waals surface area contributed by atoms with Gasteiger partial charge in [-0.2, -0.15) is 13.2 Å². The molecule has 4 nitrogen and oxygen atoms in total. The van der Waals surface area contributed by atoms with Crippen molar-refractivity contribution in [2.24, 2.45) is 5.92 Å². The highest BCUT2D eigenvalue weighted by molar-refractivity contribution is 6.29. The second-order valence-electron chi connectivity index (χ2n) is 5.66. The Hall–Kier alpha value is -1.08. The minimum absolute atomic E-state index is 0.0330. The van der Waals surface area contributed by atoms with Gasteiger partial charge in [-0.1, -0.05) is 18.5 Å². The standard InChI is InChI=1S/C13H17ClF3N3O/c1-8-2-4-12(21,5-3-8)7-18-10-6-9(14)19-11(20-10)13(15,16)17/h6,8,21H,2-5,7H2,1H3,(H,18,19,20). The summed E-state index contributed by atoms with van der Waals surface area (Å²) in [7, 11) is 0. The number of hydrogen-bond donors (Lipinski definition) is 2. The summed E-state index contributed by atoms with van der Waals surface area (Å²) in [6, 6.07) is 1.21. The summed E-state index contributed by atoms with van der Waals surface area (Å²) in [6.07, 6.45) is -1.62. The van der Waals surface area contributed by atoms with E-state index < -0.39 is 17.6 Å². The van der Waals surface area contributed by atoms with E-state index in [1.165, 1.54) is 6.07 Å². The van der Waals surface area contributed by atoms with Crippen LogP contribution in [-0.4, -0.2) is 27.2 Å². The maximum atomic E-state index is 12.6. The van der Waals surface area contributed by atoms with E-state index in [2.05, 4.69) is 22.2 Å². The Morgan fingerprint density at radius 2 is 2.00 bits per heavy atom. The molecule has 0 radical (unpaired) electrons. The van der Waals surface area contributed by atoms with Crippen LogP contribution < -0.4 is 5.32 Å². The fraction of sp³-hybridized carbons (Fsp3) is 0.692. The molecule has 0 spiro atoms. The summed E-state index contributed by atoms with van der Waals surface area (Å²) < 4.78 is 37.8. The van der Waals surface area contributed by atoms with Gasteiger partial charge in [-0.15, -0.1) is 0 Å². The van der Waals surface area contributed by atoms with Crippen LogP contribution in [0.5, 0.6) is 0 Å². The number of halogens is 4. The van der Waals surface area contributed by atoms with Crippen LogP contribution in [0, 0.1) is 5.92 Å². The molecule has 1 aliphatic rings. The van der Waals surface area contributed by atoms with E-state index in [9.17, 15) is 18.3 Å². The molecule has 8 heteroatoms. The van der Waals surface area contributed by atoms with Crippen LogP contribution in [-0.2, 0) is 6.18 Å². The van der Waals surface area contributed by atoms with Gasteiger partial charge >= 0.3 is 6.18 Å². The molecule has 1 fully saturated rings. The predicted molar refractivity (Wildman–Crippen MR) is 73.1 cm³/mol. The van der Waals surface area contributed by atoms with Gasteiger partial charge in [0.1, 0.15) is 11.0 Å². The number of aromatic nitrogens is 2. The second kappa shape index (κ2) is 5.96. The van der Waals surface area contributed by atoms with E-state index in [0.29, 0.717) is 18.8 Å². The average molecular weight is 324 g/mol. The van der Waals surface area contributed by atoms with Gasteiger partial charge in [-0.25, -0.2) is 9.97 Å². The number of nitrogens with one attached hydrogen (secondary N) is 1. The number of nitrogens with zero attached hydrogens (tertiary/aromatic N) is 2. The van der Waals surface area contributed by atoms with Gasteiger partial charge in [0, 0.05) is 12.6 Å². The van der Waals surface area contributed by atoms with Crippen molar-refractivity contribution in [3.63, 3.8) is 0 Å².